The average Bonchev–Trinajstić information content (AvgIpc) is 3.89. The van der Waals surface area contributed by atoms with E-state index in [0.29, 0.717) is 0 Å². The predicted molar refractivity (Wildman–Crippen MR) is 253 cm³/mol. The second kappa shape index (κ2) is 13.6. The van der Waals surface area contributed by atoms with Gasteiger partial charge < -0.3 is 9.32 Å². The van der Waals surface area contributed by atoms with E-state index in [4.69, 9.17) is 4.42 Å². The summed E-state index contributed by atoms with van der Waals surface area (Å²) < 4.78 is 8.91. The minimum absolute atomic E-state index is 0.909. The molecule has 276 valence electrons. The van der Waals surface area contributed by atoms with Gasteiger partial charge in [-0.25, -0.2) is 0 Å². The van der Waals surface area contributed by atoms with Crippen LogP contribution in [-0.2, 0) is 0 Å². The van der Waals surface area contributed by atoms with Gasteiger partial charge in [-0.1, -0.05) is 158 Å². The second-order valence-electron chi connectivity index (χ2n) is 15.2. The first kappa shape index (κ1) is 33.7. The predicted octanol–water partition coefficient (Wildman–Crippen LogP) is 16.7. The van der Waals surface area contributed by atoms with Crippen LogP contribution >= 0.6 is 11.3 Å². The number of rotatable bonds is 6. The van der Waals surface area contributed by atoms with Gasteiger partial charge in [0.1, 0.15) is 11.2 Å². The molecule has 0 aliphatic rings. The van der Waals surface area contributed by atoms with E-state index in [9.17, 15) is 0 Å². The zero-order chi connectivity index (χ0) is 38.9. The number of fused-ring (bicyclic) bond motifs is 9. The zero-order valence-corrected chi connectivity index (χ0v) is 32.8. The Balaban J connectivity index is 0.996. The topological polar surface area (TPSA) is 16.4 Å². The normalized spacial score (nSPS) is 11.7. The van der Waals surface area contributed by atoms with E-state index in [2.05, 4.69) is 205 Å². The highest BCUT2D eigenvalue weighted by molar-refractivity contribution is 7.26. The van der Waals surface area contributed by atoms with Gasteiger partial charge in [0, 0.05) is 48.0 Å². The summed E-state index contributed by atoms with van der Waals surface area (Å²) in [6.07, 6.45) is 0. The van der Waals surface area contributed by atoms with Crippen molar-refractivity contribution in [3.8, 4) is 33.4 Å². The number of para-hydroxylation sites is 1. The molecule has 2 nitrogen and oxygen atoms in total. The molecule has 0 bridgehead atoms. The van der Waals surface area contributed by atoms with E-state index in [-0.39, 0.29) is 0 Å². The fourth-order valence-corrected chi connectivity index (χ4v) is 10.4. The van der Waals surface area contributed by atoms with Crippen LogP contribution < -0.4 is 4.90 Å². The summed E-state index contributed by atoms with van der Waals surface area (Å²) in [5.74, 6) is 0. The number of furan rings is 1. The van der Waals surface area contributed by atoms with Crippen molar-refractivity contribution < 1.29 is 4.42 Å². The van der Waals surface area contributed by atoms with Gasteiger partial charge in [0.15, 0.2) is 0 Å². The maximum Gasteiger partial charge on any atom is 0.136 e. The lowest BCUT2D eigenvalue weighted by atomic mass is 9.91. The quantitative estimate of drug-likeness (QED) is 0.167. The molecule has 12 rings (SSSR count). The van der Waals surface area contributed by atoms with E-state index >= 15 is 0 Å². The van der Waals surface area contributed by atoms with E-state index in [1.165, 1.54) is 75.1 Å². The molecule has 0 saturated carbocycles. The lowest BCUT2D eigenvalue weighted by Gasteiger charge is -2.26. The molecule has 3 heteroatoms. The molecule has 0 saturated heterocycles. The number of anilines is 3. The Bertz CT molecular complexity index is 3540. The second-order valence-corrected chi connectivity index (χ2v) is 16.3. The highest BCUT2D eigenvalue weighted by atomic mass is 32.1. The number of benzene rings is 10. The van der Waals surface area contributed by atoms with Crippen molar-refractivity contribution >= 4 is 92.1 Å². The van der Waals surface area contributed by atoms with Crippen molar-refractivity contribution in [2.45, 2.75) is 0 Å². The Hall–Kier alpha value is -7.46. The van der Waals surface area contributed by atoms with Gasteiger partial charge in [0.25, 0.3) is 0 Å². The van der Waals surface area contributed by atoms with Crippen LogP contribution in [0, 0.1) is 0 Å². The van der Waals surface area contributed by atoms with Crippen LogP contribution in [0.5, 0.6) is 0 Å². The van der Waals surface area contributed by atoms with Gasteiger partial charge in [-0.2, -0.15) is 0 Å². The van der Waals surface area contributed by atoms with Crippen LogP contribution in [0.15, 0.2) is 217 Å². The molecule has 0 aliphatic heterocycles. The first-order valence-corrected chi connectivity index (χ1v) is 20.9. The Morgan fingerprint density at radius 2 is 0.932 bits per heavy atom. The molecular formula is C56H35NOS. The van der Waals surface area contributed by atoms with Crippen LogP contribution in [-0.4, -0.2) is 0 Å². The molecule has 0 unspecified atom stereocenters. The minimum Gasteiger partial charge on any atom is -0.456 e. The molecule has 2 aromatic heterocycles. The lowest BCUT2D eigenvalue weighted by molar-refractivity contribution is 0.669. The van der Waals surface area contributed by atoms with Crippen LogP contribution in [0.1, 0.15) is 0 Å². The van der Waals surface area contributed by atoms with Gasteiger partial charge in [-0.3, -0.25) is 0 Å². The fraction of sp³-hybridized carbons (Fsp3) is 0. The standard InChI is InChI=1S/C56H35NOS/c1-2-11-36(12-3-1)44-17-8-13-39-14-9-18-45(54(39)44)37-23-28-41(29-24-37)57(43-32-33-46-40(35-43)27-34-52-55(46)50-16-4-6-21-51(50)58-52)42-30-25-38(26-31-42)47-19-10-20-49-48-15-5-7-22-53(48)59-56(47)49/h1-35H. The van der Waals surface area contributed by atoms with Crippen LogP contribution in [0.2, 0.25) is 0 Å². The van der Waals surface area contributed by atoms with Crippen LogP contribution in [0.4, 0.5) is 17.1 Å². The Kier molecular flexibility index (Phi) is 7.75. The molecule has 2 heterocycles. The highest BCUT2D eigenvalue weighted by Gasteiger charge is 2.18. The lowest BCUT2D eigenvalue weighted by Crippen LogP contribution is -2.09. The molecule has 0 amide bonds. The third-order valence-corrected chi connectivity index (χ3v) is 13.1. The van der Waals surface area contributed by atoms with Gasteiger partial charge in [-0.15, -0.1) is 11.3 Å². The molecule has 59 heavy (non-hydrogen) atoms. The molecule has 0 spiro atoms. The highest BCUT2D eigenvalue weighted by Crippen LogP contribution is 2.44. The van der Waals surface area contributed by atoms with Gasteiger partial charge in [0.2, 0.25) is 0 Å². The maximum atomic E-state index is 6.27. The number of thiophene rings is 1. The fourth-order valence-electron chi connectivity index (χ4n) is 9.12. The SMILES string of the molecule is c1ccc(-c2cccc3cccc(-c4ccc(N(c5ccc(-c6cccc7c6sc6ccccc67)cc5)c5ccc6c(ccc7oc8ccccc8c76)c5)cc4)c23)cc1. The first-order valence-electron chi connectivity index (χ1n) is 20.1. The molecule has 0 aliphatic carbocycles. The number of hydrogen-bond donors (Lipinski definition) is 0. The van der Waals surface area contributed by atoms with Crippen molar-refractivity contribution in [1.82, 2.24) is 0 Å². The van der Waals surface area contributed by atoms with Gasteiger partial charge in [-0.05, 0) is 110 Å². The van der Waals surface area contributed by atoms with Crippen molar-refractivity contribution in [2.24, 2.45) is 0 Å². The van der Waals surface area contributed by atoms with Crippen molar-refractivity contribution in [3.05, 3.63) is 212 Å². The Morgan fingerprint density at radius 1 is 0.339 bits per heavy atom. The Morgan fingerprint density at radius 3 is 1.69 bits per heavy atom. The van der Waals surface area contributed by atoms with Gasteiger partial charge >= 0.3 is 0 Å². The summed E-state index contributed by atoms with van der Waals surface area (Å²) in [6.45, 7) is 0. The number of hydrogen-bond acceptors (Lipinski definition) is 3. The summed E-state index contributed by atoms with van der Waals surface area (Å²) in [5, 5.41) is 9.78. The third-order valence-electron chi connectivity index (χ3n) is 11.9. The van der Waals surface area contributed by atoms with Crippen molar-refractivity contribution in [3.63, 3.8) is 0 Å². The summed E-state index contributed by atoms with van der Waals surface area (Å²) in [7, 11) is 0. The minimum atomic E-state index is 0.909. The maximum absolute atomic E-state index is 6.27. The Labute approximate surface area is 345 Å². The summed E-state index contributed by atoms with van der Waals surface area (Å²) in [4.78, 5) is 2.38. The van der Waals surface area contributed by atoms with E-state index in [1.54, 1.807) is 0 Å². The third kappa shape index (κ3) is 5.55. The summed E-state index contributed by atoms with van der Waals surface area (Å²) in [5.41, 5.74) is 12.4. The van der Waals surface area contributed by atoms with Crippen LogP contribution in [0.25, 0.3) is 97.0 Å². The molecule has 0 N–H and O–H groups in total. The van der Waals surface area contributed by atoms with Crippen molar-refractivity contribution in [1.29, 1.82) is 0 Å². The summed E-state index contributed by atoms with van der Waals surface area (Å²) >= 11 is 1.87. The zero-order valence-electron chi connectivity index (χ0n) is 32.0. The van der Waals surface area contributed by atoms with Crippen LogP contribution in [0.3, 0.4) is 0 Å². The van der Waals surface area contributed by atoms with Gasteiger partial charge in [0.05, 0.1) is 0 Å². The smallest absolute Gasteiger partial charge is 0.136 e. The van der Waals surface area contributed by atoms with E-state index in [0.717, 1.165) is 39.0 Å². The molecule has 12 aromatic rings. The van der Waals surface area contributed by atoms with E-state index < -0.39 is 0 Å². The monoisotopic (exact) mass is 769 g/mol. The molecule has 0 radical (unpaired) electrons. The molecule has 0 atom stereocenters. The molecule has 0 fully saturated rings. The van der Waals surface area contributed by atoms with E-state index in [1.807, 2.05) is 23.5 Å². The largest absolute Gasteiger partial charge is 0.456 e. The molecular weight excluding hydrogens is 735 g/mol. The average molecular weight is 770 g/mol. The molecule has 10 aromatic carbocycles. The summed E-state index contributed by atoms with van der Waals surface area (Å²) in [6, 6.07) is 77.0. The first-order chi connectivity index (χ1) is 29.2. The van der Waals surface area contributed by atoms with Crippen molar-refractivity contribution in [2.75, 3.05) is 4.90 Å². The number of nitrogens with zero attached hydrogens (tertiary/aromatic N) is 1.